The number of rotatable bonds is 16. The second kappa shape index (κ2) is 31.9. The third kappa shape index (κ3) is 14.7. The van der Waals surface area contributed by atoms with E-state index in [-0.39, 0.29) is 88.3 Å². The number of halogens is 4. The lowest BCUT2D eigenvalue weighted by Crippen LogP contribution is -2.69. The lowest BCUT2D eigenvalue weighted by Gasteiger charge is -2.60. The van der Waals surface area contributed by atoms with Gasteiger partial charge < -0.3 is 82.7 Å². The largest absolute Gasteiger partial charge is 0.421 e. The monoisotopic (exact) mass is 1730 g/mol. The number of aromatic nitrogens is 16. The minimum absolute atomic E-state index is 0.107. The predicted octanol–water partition coefficient (Wildman–Crippen LogP) is 12.0. The Bertz CT molecular complexity index is 6260. The standard InChI is InChI=1S/4C23H24FN7O/c1-11-27-7-14(8-28-11)32-23-29-20-6-15-16(4-13(24)5-19(15)26-2)21(20)22(30-23)31-9-12-3-18(25)17(12)10-31;1-11-27-8-14(9-28-11)32-23-29-19-7-15-16(5-13(24)6-18(15)26-2)21(19)22(30-23)31-10-12-3-17(25)20(31)4-12;1-12-27-9-14(10-28-12)32-22-29-18-7-15-16(5-13(24)6-17(15)26-2)20(18)21(30-22)31-4-3-23(11-31)8-19(23)25;1-12-27-8-14(9-28-12)32-22-29-18-7-15-16(5-13(24)6-17(15)26-2)20(18)21(30-22)31-10-23(11-31)4-3-19(23)25/h4-5,7-8,12,17-18,26H,3,6,9-10,25H2,1-2H3;5-6,8-9,12,17,20,26H,3-4,7,10,25H2,1-2H3;5-6,9-10,19,26H,3-4,7-8,11,25H2,1-2H3;5-6,8-9,19,26H,3-4,7,10-11,25H2,1-2H3/t12?,17?,18-;12-,17+,20?;19-,23?;19-/m1001/s1. The minimum Gasteiger partial charge on any atom is -0.421 e. The first-order chi connectivity index (χ1) is 61.9. The molecule has 9 atom stereocenters. The molecule has 24 rings (SSSR count). The molecule has 12 aliphatic rings. The third-order valence-corrected chi connectivity index (χ3v) is 27.7. The zero-order valence-electron chi connectivity index (χ0n) is 72.0. The van der Waals surface area contributed by atoms with Crippen molar-refractivity contribution in [2.45, 2.75) is 129 Å². The normalized spacial score (nSPS) is 22.0. The van der Waals surface area contributed by atoms with Gasteiger partial charge in [-0.25, -0.2) is 57.4 Å². The van der Waals surface area contributed by atoms with Gasteiger partial charge in [0.1, 0.15) is 69.8 Å². The van der Waals surface area contributed by atoms with Gasteiger partial charge in [-0.1, -0.05) is 0 Å². The van der Waals surface area contributed by atoms with E-state index in [0.29, 0.717) is 89.7 Å². The highest BCUT2D eigenvalue weighted by Gasteiger charge is 2.57. The van der Waals surface area contributed by atoms with Crippen LogP contribution in [0, 0.1) is 79.5 Å². The van der Waals surface area contributed by atoms with E-state index in [9.17, 15) is 17.6 Å². The van der Waals surface area contributed by atoms with Crippen LogP contribution in [0.3, 0.4) is 0 Å². The number of ether oxygens (including phenoxy) is 4. The molecule has 2 bridgehead atoms. The van der Waals surface area contributed by atoms with Gasteiger partial charge in [-0.2, -0.15) is 39.9 Å². The van der Waals surface area contributed by atoms with Gasteiger partial charge in [0.2, 0.25) is 0 Å². The Morgan fingerprint density at radius 1 is 0.383 bits per heavy atom. The maximum atomic E-state index is 14.5. The van der Waals surface area contributed by atoms with E-state index in [4.69, 9.17) is 76.8 Å². The molecule has 0 radical (unpaired) electrons. The van der Waals surface area contributed by atoms with Crippen molar-refractivity contribution in [1.82, 2.24) is 79.7 Å². The molecule has 12 heterocycles. The van der Waals surface area contributed by atoms with Crippen LogP contribution in [0.25, 0.3) is 44.5 Å². The lowest BCUT2D eigenvalue weighted by molar-refractivity contribution is 0.0558. The summed E-state index contributed by atoms with van der Waals surface area (Å²) in [5.41, 5.74) is 42.9. The smallest absolute Gasteiger partial charge is 0.324 e. The molecule has 656 valence electrons. The number of aryl methyl sites for hydroxylation is 4. The van der Waals surface area contributed by atoms with E-state index < -0.39 is 0 Å². The molecule has 8 aromatic heterocycles. The van der Waals surface area contributed by atoms with Crippen LogP contribution in [0.5, 0.6) is 47.0 Å². The molecule has 12 aromatic rings. The Balaban J connectivity index is 0.000000104. The highest BCUT2D eigenvalue weighted by Crippen LogP contribution is 2.58. The molecular formula is C92H96F4N28O4. The van der Waals surface area contributed by atoms with Gasteiger partial charge in [0.25, 0.3) is 0 Å². The molecule has 12 N–H and O–H groups in total. The quantitative estimate of drug-likeness (QED) is 0.0417. The van der Waals surface area contributed by atoms with Gasteiger partial charge in [-0.3, -0.25) is 0 Å². The lowest BCUT2D eigenvalue weighted by atomic mass is 9.60. The fraction of sp³-hybridized carbons (Fsp3) is 0.391. The summed E-state index contributed by atoms with van der Waals surface area (Å²) in [5.74, 6) is 8.09. The van der Waals surface area contributed by atoms with Gasteiger partial charge in [-0.15, -0.1) is 0 Å². The average Bonchev–Trinajstić information content (AvgIpc) is 1.63. The van der Waals surface area contributed by atoms with Crippen LogP contribution in [0.1, 0.15) is 113 Å². The van der Waals surface area contributed by atoms with E-state index in [1.54, 1.807) is 102 Å². The first-order valence-corrected chi connectivity index (χ1v) is 43.5. The fourth-order valence-corrected chi connectivity index (χ4v) is 20.9. The maximum absolute atomic E-state index is 14.5. The van der Waals surface area contributed by atoms with Crippen LogP contribution >= 0.6 is 0 Å². The van der Waals surface area contributed by atoms with Gasteiger partial charge in [0.05, 0.1) is 72.4 Å². The zero-order chi connectivity index (χ0) is 88.0. The number of nitrogens with two attached hydrogens (primary N) is 4. The molecule has 0 amide bonds. The molecule has 4 unspecified atom stereocenters. The van der Waals surface area contributed by atoms with Gasteiger partial charge in [0.15, 0.2) is 23.0 Å². The van der Waals surface area contributed by atoms with Crippen molar-refractivity contribution in [2.24, 2.45) is 51.5 Å². The topological polar surface area (TPSA) is 408 Å². The summed E-state index contributed by atoms with van der Waals surface area (Å²) in [6.07, 6.45) is 22.6. The van der Waals surface area contributed by atoms with Crippen molar-refractivity contribution in [3.63, 3.8) is 0 Å². The molecule has 4 saturated heterocycles. The highest BCUT2D eigenvalue weighted by molar-refractivity contribution is 5.92. The minimum atomic E-state index is -0.288. The molecule has 32 nitrogen and oxygen atoms in total. The zero-order valence-corrected chi connectivity index (χ0v) is 72.0. The van der Waals surface area contributed by atoms with E-state index in [1.807, 2.05) is 27.7 Å². The molecule has 4 aromatic carbocycles. The van der Waals surface area contributed by atoms with Crippen LogP contribution in [-0.4, -0.2) is 184 Å². The summed E-state index contributed by atoms with van der Waals surface area (Å²) in [6, 6.07) is 14.4. The number of anilines is 8. The van der Waals surface area contributed by atoms with Crippen molar-refractivity contribution < 1.29 is 36.5 Å². The van der Waals surface area contributed by atoms with Gasteiger partial charge in [-0.05, 0) is 183 Å². The van der Waals surface area contributed by atoms with Gasteiger partial charge >= 0.3 is 24.0 Å². The summed E-state index contributed by atoms with van der Waals surface area (Å²) < 4.78 is 81.5. The van der Waals surface area contributed by atoms with E-state index in [2.05, 4.69) is 85.7 Å². The number of hydrogen-bond donors (Lipinski definition) is 8. The van der Waals surface area contributed by atoms with Crippen LogP contribution in [-0.2, 0) is 25.7 Å². The number of nitrogens with zero attached hydrogens (tertiary/aromatic N) is 20. The molecular weight excluding hydrogens is 1640 g/mol. The van der Waals surface area contributed by atoms with Gasteiger partial charge in [0, 0.05) is 186 Å². The SMILES string of the molecule is CNc1cc(F)cc2c1Cc1nc(Oc3cnc(C)nc3)nc(N3CC4(CC[C@H]4N)C3)c1-2.CNc1cc(F)cc2c1Cc1nc(Oc3cnc(C)nc3)nc(N3CC4C[C@@H](N)C4C3)c1-2.CNc1cc(F)cc2c1Cc1nc(Oc3cnc(C)nc3)nc(N3CCC4(C[C@@H]4N)C3)c1-2.CNc1cc(F)cc2c1Cc1nc(Oc3cnc(C)nc3)nc(N3C[C@@H]4CC3[C@H](N)C4)c1-2. The Kier molecular flexibility index (Phi) is 20.4. The van der Waals surface area contributed by atoms with Crippen LogP contribution < -0.4 is 82.7 Å². The summed E-state index contributed by atoms with van der Waals surface area (Å²) in [5, 5.41) is 12.5. The van der Waals surface area contributed by atoms with Crippen LogP contribution in [0.4, 0.5) is 63.6 Å². The fourth-order valence-electron chi connectivity index (χ4n) is 20.9. The molecule has 8 aliphatic carbocycles. The number of hydrogen-bond acceptors (Lipinski definition) is 32. The van der Waals surface area contributed by atoms with E-state index >= 15 is 0 Å². The van der Waals surface area contributed by atoms with Crippen molar-refractivity contribution >= 4 is 46.0 Å². The van der Waals surface area contributed by atoms with Crippen molar-refractivity contribution in [1.29, 1.82) is 0 Å². The highest BCUT2D eigenvalue weighted by atomic mass is 19.1. The molecule has 2 spiro atoms. The Labute approximate surface area is 734 Å². The van der Waals surface area contributed by atoms with Crippen molar-refractivity contribution in [3.05, 3.63) is 190 Å². The van der Waals surface area contributed by atoms with Crippen molar-refractivity contribution in [2.75, 3.05) is 115 Å². The molecule has 8 fully saturated rings. The second-order valence-electron chi connectivity index (χ2n) is 35.7. The molecule has 128 heavy (non-hydrogen) atoms. The second-order valence-corrected chi connectivity index (χ2v) is 35.7. The Morgan fingerprint density at radius 2 is 0.734 bits per heavy atom. The number of benzene rings is 4. The summed E-state index contributed by atoms with van der Waals surface area (Å²) >= 11 is 0. The Morgan fingerprint density at radius 3 is 1.05 bits per heavy atom. The number of nitrogens with one attached hydrogen (secondary N) is 4. The van der Waals surface area contributed by atoms with E-state index in [0.717, 1.165) is 226 Å². The summed E-state index contributed by atoms with van der Waals surface area (Å²) in [6.45, 7) is 13.3. The van der Waals surface area contributed by atoms with E-state index in [1.165, 1.54) is 24.3 Å². The molecule has 4 saturated carbocycles. The third-order valence-electron chi connectivity index (χ3n) is 27.7. The van der Waals surface area contributed by atoms with Crippen molar-refractivity contribution in [3.8, 4) is 91.5 Å². The first kappa shape index (κ1) is 81.7. The predicted molar refractivity (Wildman–Crippen MR) is 474 cm³/mol. The molecule has 36 heteroatoms. The summed E-state index contributed by atoms with van der Waals surface area (Å²) in [7, 11) is 7.20. The summed E-state index contributed by atoms with van der Waals surface area (Å²) in [4.78, 5) is 80.5. The Hall–Kier alpha value is -13.3. The average molecular weight is 1730 g/mol. The first-order valence-electron chi connectivity index (χ1n) is 43.5. The van der Waals surface area contributed by atoms with Crippen LogP contribution in [0.15, 0.2) is 98.1 Å². The number of piperidine rings is 1. The number of fused-ring (bicyclic) bond motifs is 15. The van der Waals surface area contributed by atoms with Crippen LogP contribution in [0.2, 0.25) is 0 Å². The maximum Gasteiger partial charge on any atom is 0.324 e. The molecule has 4 aliphatic heterocycles.